The van der Waals surface area contributed by atoms with Crippen molar-refractivity contribution in [3.8, 4) is 44.5 Å². The molecule has 0 saturated heterocycles. The maximum absolute atomic E-state index is 5.96. The quantitative estimate of drug-likeness (QED) is 0.124. The Morgan fingerprint density at radius 1 is 0.523 bits per heavy atom. The van der Waals surface area contributed by atoms with E-state index in [-0.39, 0.29) is 39.7 Å². The van der Waals surface area contributed by atoms with Crippen molar-refractivity contribution in [3.63, 3.8) is 0 Å². The van der Waals surface area contributed by atoms with Gasteiger partial charge in [-0.1, -0.05) is 96.7 Å². The van der Waals surface area contributed by atoms with Crippen molar-refractivity contribution >= 4 is 54.9 Å². The zero-order valence-corrected chi connectivity index (χ0v) is 32.6. The molecule has 44 heavy (non-hydrogen) atoms. The van der Waals surface area contributed by atoms with E-state index in [1.165, 1.54) is 55.6 Å². The normalized spacial score (nSPS) is 9.43. The van der Waals surface area contributed by atoms with Gasteiger partial charge >= 0.3 is 30.2 Å². The molecule has 0 bridgehead atoms. The van der Waals surface area contributed by atoms with Crippen molar-refractivity contribution in [2.45, 2.75) is 26.7 Å². The molecule has 0 N–H and O–H groups in total. The third-order valence-corrected chi connectivity index (χ3v) is 7.24. The van der Waals surface area contributed by atoms with Gasteiger partial charge in [-0.15, -0.1) is 83.5 Å². The molecule has 0 atom stereocenters. The molecule has 0 radical (unpaired) electrons. The summed E-state index contributed by atoms with van der Waals surface area (Å²) in [6.07, 6.45) is 2.02. The van der Waals surface area contributed by atoms with Crippen LogP contribution in [0.25, 0.3) is 44.5 Å². The van der Waals surface area contributed by atoms with Crippen molar-refractivity contribution in [3.05, 3.63) is 157 Å². The van der Waals surface area contributed by atoms with Crippen LogP contribution in [0, 0.1) is 27.0 Å². The van der Waals surface area contributed by atoms with Crippen LogP contribution in [0.3, 0.4) is 0 Å². The van der Waals surface area contributed by atoms with Crippen LogP contribution in [0.1, 0.15) is 25.0 Å². The third-order valence-electron chi connectivity index (χ3n) is 6.73. The number of benzene rings is 2. The predicted molar refractivity (Wildman–Crippen MR) is 199 cm³/mol. The monoisotopic (exact) mass is 752 g/mol. The van der Waals surface area contributed by atoms with Crippen LogP contribution in [0.5, 0.6) is 0 Å². The first-order chi connectivity index (χ1) is 19.6. The second-order valence-corrected chi connectivity index (χ2v) is 10.1. The Morgan fingerprint density at radius 3 is 1.16 bits per heavy atom. The van der Waals surface area contributed by atoms with E-state index in [0.717, 1.165) is 22.9 Å². The summed E-state index contributed by atoms with van der Waals surface area (Å²) in [6, 6.07) is 44.2. The minimum atomic E-state index is 0. The standard InChI is InChI=1S/2C18H14Cl.2CH3.2ClH.H2Si.Zr/c2*1-2-13-11-15-5-3-4-6-17(18(15)12-13)14-7-9-16(19)10-8-14;;;;;;/h2*3-10,12H,2H2,1H3;2*1H3;2*1H;1H2;/q4*-1;;;;. The molecular weight excluding hydrogens is 718 g/mol. The van der Waals surface area contributed by atoms with Gasteiger partial charge in [-0.25, -0.2) is 0 Å². The van der Waals surface area contributed by atoms with Crippen LogP contribution in [0.15, 0.2) is 109 Å². The van der Waals surface area contributed by atoms with Crippen molar-refractivity contribution < 1.29 is 23.3 Å². The fourth-order valence-electron chi connectivity index (χ4n) is 4.70. The molecular formula is C38H38Cl4SiZr-4. The van der Waals surface area contributed by atoms with Gasteiger partial charge < -0.3 is 14.9 Å². The van der Waals surface area contributed by atoms with Crippen LogP contribution >= 0.6 is 48.0 Å². The number of fused-ring (bicyclic) bond motifs is 2. The number of halogens is 4. The van der Waals surface area contributed by atoms with Crippen LogP contribution in [-0.2, 0) is 36.2 Å². The van der Waals surface area contributed by atoms with E-state index in [2.05, 4.69) is 111 Å². The molecule has 0 saturated carbocycles. The molecule has 0 spiro atoms. The molecule has 0 unspecified atom stereocenters. The van der Waals surface area contributed by atoms with Crippen molar-refractivity contribution in [1.29, 1.82) is 0 Å². The first-order valence-corrected chi connectivity index (χ1v) is 20.0. The fraction of sp³-hybridized carbons (Fsp3) is 0.105. The molecule has 6 heteroatoms. The van der Waals surface area contributed by atoms with Crippen LogP contribution in [0.4, 0.5) is 0 Å². The summed E-state index contributed by atoms with van der Waals surface area (Å²) in [4.78, 5) is 0. The molecule has 6 rings (SSSR count). The molecule has 4 aliphatic rings. The molecule has 0 nitrogen and oxygen atoms in total. The molecule has 0 amide bonds. The van der Waals surface area contributed by atoms with Gasteiger partial charge in [0.05, 0.1) is 0 Å². The zero-order chi connectivity index (χ0) is 28.5. The van der Waals surface area contributed by atoms with E-state index < -0.39 is 0 Å². The summed E-state index contributed by atoms with van der Waals surface area (Å²) in [6.45, 7) is 6.27. The van der Waals surface area contributed by atoms with Crippen molar-refractivity contribution in [2.75, 3.05) is 0 Å². The van der Waals surface area contributed by atoms with Gasteiger partial charge in [-0.05, 0) is 48.2 Å². The van der Waals surface area contributed by atoms with Gasteiger partial charge in [0.1, 0.15) is 0 Å². The van der Waals surface area contributed by atoms with E-state index in [4.69, 9.17) is 23.2 Å². The summed E-state index contributed by atoms with van der Waals surface area (Å²) in [7, 11) is 0. The predicted octanol–water partition coefficient (Wildman–Crippen LogP) is 11.8. The number of hydrogen-bond acceptors (Lipinski definition) is 0. The van der Waals surface area contributed by atoms with Crippen LogP contribution in [0.2, 0.25) is 10.0 Å². The molecule has 0 fully saturated rings. The summed E-state index contributed by atoms with van der Waals surface area (Å²) in [5, 5.41) is 1.53. The van der Waals surface area contributed by atoms with Gasteiger partial charge in [0.25, 0.3) is 0 Å². The average Bonchev–Trinajstić information content (AvgIpc) is 3.47. The van der Waals surface area contributed by atoms with Gasteiger partial charge in [-0.2, -0.15) is 23.3 Å². The molecule has 0 heterocycles. The maximum atomic E-state index is 5.96. The molecule has 4 aliphatic carbocycles. The van der Waals surface area contributed by atoms with Gasteiger partial charge in [-0.3, -0.25) is 0 Å². The van der Waals surface area contributed by atoms with Crippen LogP contribution < -0.4 is 0 Å². The second-order valence-electron chi connectivity index (χ2n) is 9.23. The first-order valence-electron chi connectivity index (χ1n) is 13.3. The average molecular weight is 756 g/mol. The second kappa shape index (κ2) is 21.0. The molecule has 2 aromatic rings. The Morgan fingerprint density at radius 2 is 0.841 bits per heavy atom. The Hall–Kier alpha value is -1.90. The van der Waals surface area contributed by atoms with E-state index in [9.17, 15) is 0 Å². The molecule has 2 aromatic carbocycles. The van der Waals surface area contributed by atoms with E-state index >= 15 is 0 Å². The van der Waals surface area contributed by atoms with E-state index in [0.29, 0.717) is 0 Å². The first kappa shape index (κ1) is 42.1. The Kier molecular flexibility index (Phi) is 20.1. The summed E-state index contributed by atoms with van der Waals surface area (Å²) in [5.74, 6) is 0. The SMILES string of the molecule is CCc1[c-]c2ccccc(-c3ccc(Cl)cc3)c-2c1.CCc1[c-]c2ccccc(-c3ccc(Cl)cc3)c-2c1.Cl.Cl.[CH3-].[CH3-].[SiH2]=[Zr]. The van der Waals surface area contributed by atoms with Crippen molar-refractivity contribution in [1.82, 2.24) is 0 Å². The van der Waals surface area contributed by atoms with Gasteiger partial charge in [0.15, 0.2) is 0 Å². The summed E-state index contributed by atoms with van der Waals surface area (Å²) < 4.78 is 0. The fourth-order valence-corrected chi connectivity index (χ4v) is 4.95. The Labute approximate surface area is 304 Å². The van der Waals surface area contributed by atoms with Crippen LogP contribution in [-0.4, -0.2) is 6.88 Å². The summed E-state index contributed by atoms with van der Waals surface area (Å²) >= 11 is 13.5. The van der Waals surface area contributed by atoms with Crippen molar-refractivity contribution in [2.24, 2.45) is 0 Å². The topological polar surface area (TPSA) is 0 Å². The Bertz CT molecular complexity index is 1500. The minimum absolute atomic E-state index is 0. The summed E-state index contributed by atoms with van der Waals surface area (Å²) in [5.41, 5.74) is 12.2. The van der Waals surface area contributed by atoms with Gasteiger partial charge in [0.2, 0.25) is 0 Å². The Balaban J connectivity index is 0.000000733. The van der Waals surface area contributed by atoms with E-state index in [1.54, 1.807) is 23.3 Å². The molecule has 230 valence electrons. The number of rotatable bonds is 4. The third kappa shape index (κ3) is 10.6. The number of hydrogen-bond donors (Lipinski definition) is 0. The number of aryl methyl sites for hydroxylation is 2. The molecule has 0 aliphatic heterocycles. The molecule has 0 aromatic heterocycles. The van der Waals surface area contributed by atoms with E-state index in [1.807, 2.05) is 31.1 Å². The zero-order valence-electron chi connectivity index (χ0n) is 25.6. The van der Waals surface area contributed by atoms with Gasteiger partial charge in [0, 0.05) is 10.0 Å².